The summed E-state index contributed by atoms with van der Waals surface area (Å²) in [7, 11) is 0.800. The molecule has 0 aliphatic rings. The summed E-state index contributed by atoms with van der Waals surface area (Å²) in [6.07, 6.45) is -5.88. The number of nitrogens with one attached hydrogen (secondary N) is 1. The van der Waals surface area contributed by atoms with E-state index in [-0.39, 0.29) is 0 Å². The molecule has 1 aromatic rings. The average Bonchev–Trinajstić information content (AvgIpc) is 2.22. The topological polar surface area (TPSA) is 12.0 Å². The van der Waals surface area contributed by atoms with E-state index in [1.165, 1.54) is 0 Å². The highest BCUT2D eigenvalue weighted by molar-refractivity contribution is 5.25. The molecule has 0 fully saturated rings. The second kappa shape index (κ2) is 4.75. The number of hydrogen-bond donors (Lipinski definition) is 1. The smallest absolute Gasteiger partial charge is 0.308 e. The monoisotopic (exact) mass is 275 g/mol. The number of benzene rings is 1. The highest BCUT2D eigenvalue weighted by Crippen LogP contribution is 2.44. The molecular weight excluding hydrogens is 267 g/mol. The minimum absolute atomic E-state index is 0.302. The summed E-state index contributed by atoms with van der Waals surface area (Å²) in [6, 6.07) is -1.29. The van der Waals surface area contributed by atoms with E-state index in [0.717, 1.165) is 7.05 Å². The summed E-state index contributed by atoms with van der Waals surface area (Å²) in [5, 5.41) is 1.66. The van der Waals surface area contributed by atoms with Crippen molar-refractivity contribution < 1.29 is 30.7 Å². The molecule has 1 unspecified atom stereocenters. The minimum Gasteiger partial charge on any atom is -0.308 e. The van der Waals surface area contributed by atoms with Crippen LogP contribution in [0.25, 0.3) is 0 Å². The van der Waals surface area contributed by atoms with Crippen LogP contribution in [0.3, 0.4) is 0 Å². The molecule has 0 saturated carbocycles. The van der Waals surface area contributed by atoms with Crippen LogP contribution >= 0.6 is 0 Å². The van der Waals surface area contributed by atoms with Crippen molar-refractivity contribution >= 4 is 0 Å². The summed E-state index contributed by atoms with van der Waals surface area (Å²) in [5.41, 5.74) is -1.08. The van der Waals surface area contributed by atoms with Gasteiger partial charge in [-0.1, -0.05) is 0 Å². The molecule has 0 aromatic heterocycles. The standard InChI is InChI=1S/C10H8F7N/c1-18-8(9(13,14)10(15,16)17)6-4-5(11)2-3-7(6)12/h2-4,8,18H,1H3. The lowest BCUT2D eigenvalue weighted by Gasteiger charge is -2.28. The first kappa shape index (κ1) is 14.7. The molecule has 0 radical (unpaired) electrons. The van der Waals surface area contributed by atoms with E-state index in [1.807, 2.05) is 0 Å². The predicted molar refractivity (Wildman–Crippen MR) is 49.2 cm³/mol. The minimum atomic E-state index is -5.88. The molecule has 0 saturated heterocycles. The Morgan fingerprint density at radius 1 is 1.06 bits per heavy atom. The Hall–Kier alpha value is -1.31. The first-order valence-electron chi connectivity index (χ1n) is 4.68. The van der Waals surface area contributed by atoms with Gasteiger partial charge in [-0.3, -0.25) is 0 Å². The van der Waals surface area contributed by atoms with E-state index in [1.54, 1.807) is 5.32 Å². The zero-order valence-electron chi connectivity index (χ0n) is 8.96. The fourth-order valence-corrected chi connectivity index (χ4v) is 1.43. The molecule has 0 heterocycles. The zero-order chi connectivity index (χ0) is 14.1. The summed E-state index contributed by atoms with van der Waals surface area (Å²) >= 11 is 0. The highest BCUT2D eigenvalue weighted by atomic mass is 19.4. The van der Waals surface area contributed by atoms with E-state index in [9.17, 15) is 30.7 Å². The number of rotatable bonds is 3. The number of halogens is 7. The van der Waals surface area contributed by atoms with Gasteiger partial charge in [0.2, 0.25) is 0 Å². The van der Waals surface area contributed by atoms with Crippen LogP contribution in [0.4, 0.5) is 30.7 Å². The fourth-order valence-electron chi connectivity index (χ4n) is 1.43. The quantitative estimate of drug-likeness (QED) is 0.833. The van der Waals surface area contributed by atoms with Crippen LogP contribution in [-0.2, 0) is 0 Å². The van der Waals surface area contributed by atoms with Gasteiger partial charge in [0, 0.05) is 5.56 Å². The summed E-state index contributed by atoms with van der Waals surface area (Å²) < 4.78 is 88.8. The Bertz CT molecular complexity index is 427. The van der Waals surface area contributed by atoms with Crippen LogP contribution in [0.2, 0.25) is 0 Å². The highest BCUT2D eigenvalue weighted by Gasteiger charge is 2.62. The van der Waals surface area contributed by atoms with Crippen molar-refractivity contribution in [1.29, 1.82) is 0 Å². The maximum Gasteiger partial charge on any atom is 0.455 e. The van der Waals surface area contributed by atoms with Crippen LogP contribution in [0.15, 0.2) is 18.2 Å². The van der Waals surface area contributed by atoms with Crippen LogP contribution in [0.5, 0.6) is 0 Å². The number of hydrogen-bond acceptors (Lipinski definition) is 1. The van der Waals surface area contributed by atoms with Crippen molar-refractivity contribution in [3.63, 3.8) is 0 Å². The van der Waals surface area contributed by atoms with Gasteiger partial charge < -0.3 is 5.32 Å². The summed E-state index contributed by atoms with van der Waals surface area (Å²) in [5.74, 6) is -7.68. The maximum absolute atomic E-state index is 13.2. The molecule has 102 valence electrons. The van der Waals surface area contributed by atoms with Gasteiger partial charge in [-0.25, -0.2) is 8.78 Å². The molecular formula is C10H8F7N. The van der Waals surface area contributed by atoms with Gasteiger partial charge in [0.25, 0.3) is 0 Å². The molecule has 1 atom stereocenters. The molecule has 8 heteroatoms. The third-order valence-electron chi connectivity index (χ3n) is 2.30. The predicted octanol–water partition coefficient (Wildman–Crippen LogP) is 3.42. The second-order valence-corrected chi connectivity index (χ2v) is 3.51. The van der Waals surface area contributed by atoms with Crippen molar-refractivity contribution in [3.8, 4) is 0 Å². The largest absolute Gasteiger partial charge is 0.455 e. The molecule has 0 bridgehead atoms. The van der Waals surface area contributed by atoms with Gasteiger partial charge in [0.1, 0.15) is 17.7 Å². The van der Waals surface area contributed by atoms with E-state index in [0.29, 0.717) is 18.2 Å². The van der Waals surface area contributed by atoms with Crippen LogP contribution in [0.1, 0.15) is 11.6 Å². The first-order valence-corrected chi connectivity index (χ1v) is 4.68. The fraction of sp³-hybridized carbons (Fsp3) is 0.400. The van der Waals surface area contributed by atoms with Gasteiger partial charge in [-0.15, -0.1) is 0 Å². The third-order valence-corrected chi connectivity index (χ3v) is 2.30. The van der Waals surface area contributed by atoms with Gasteiger partial charge in [-0.05, 0) is 25.2 Å². The lowest BCUT2D eigenvalue weighted by atomic mass is 9.99. The van der Waals surface area contributed by atoms with E-state index < -0.39 is 35.3 Å². The molecule has 0 aliphatic carbocycles. The van der Waals surface area contributed by atoms with Crippen molar-refractivity contribution in [3.05, 3.63) is 35.4 Å². The average molecular weight is 275 g/mol. The SMILES string of the molecule is CNC(c1cc(F)ccc1F)C(F)(F)C(F)(F)F. The molecule has 1 nitrogen and oxygen atoms in total. The van der Waals surface area contributed by atoms with Gasteiger partial charge in [-0.2, -0.15) is 22.0 Å². The Labute approximate surface area is 97.6 Å². The van der Waals surface area contributed by atoms with Gasteiger partial charge in [0.05, 0.1) is 0 Å². The van der Waals surface area contributed by atoms with Crippen LogP contribution in [-0.4, -0.2) is 19.1 Å². The summed E-state index contributed by atoms with van der Waals surface area (Å²) in [4.78, 5) is 0. The Morgan fingerprint density at radius 3 is 2.06 bits per heavy atom. The van der Waals surface area contributed by atoms with Crippen LogP contribution < -0.4 is 5.32 Å². The molecule has 0 amide bonds. The Balaban J connectivity index is 3.30. The Morgan fingerprint density at radius 2 is 1.61 bits per heavy atom. The van der Waals surface area contributed by atoms with E-state index >= 15 is 0 Å². The molecule has 18 heavy (non-hydrogen) atoms. The molecule has 1 aromatic carbocycles. The molecule has 0 spiro atoms. The number of alkyl halides is 5. The third kappa shape index (κ3) is 2.58. The van der Waals surface area contributed by atoms with E-state index in [4.69, 9.17) is 0 Å². The molecule has 1 N–H and O–H groups in total. The first-order chi connectivity index (χ1) is 8.11. The lowest BCUT2D eigenvalue weighted by molar-refractivity contribution is -0.294. The zero-order valence-corrected chi connectivity index (χ0v) is 8.96. The van der Waals surface area contributed by atoms with Gasteiger partial charge in [0.15, 0.2) is 0 Å². The van der Waals surface area contributed by atoms with Crippen molar-refractivity contribution in [2.75, 3.05) is 7.05 Å². The van der Waals surface area contributed by atoms with Crippen molar-refractivity contribution in [2.24, 2.45) is 0 Å². The van der Waals surface area contributed by atoms with E-state index in [2.05, 4.69) is 0 Å². The molecule has 1 rings (SSSR count). The van der Waals surface area contributed by atoms with Gasteiger partial charge >= 0.3 is 12.1 Å². The normalized spacial score (nSPS) is 14.7. The Kier molecular flexibility index (Phi) is 3.89. The molecule has 0 aliphatic heterocycles. The van der Waals surface area contributed by atoms with Crippen molar-refractivity contribution in [2.45, 2.75) is 18.1 Å². The maximum atomic E-state index is 13.2. The van der Waals surface area contributed by atoms with Crippen molar-refractivity contribution in [1.82, 2.24) is 5.32 Å². The lowest BCUT2D eigenvalue weighted by Crippen LogP contribution is -2.47. The second-order valence-electron chi connectivity index (χ2n) is 3.51. The summed E-state index contributed by atoms with van der Waals surface area (Å²) in [6.45, 7) is 0. The van der Waals surface area contributed by atoms with Crippen LogP contribution in [0, 0.1) is 11.6 Å².